The summed E-state index contributed by atoms with van der Waals surface area (Å²) in [7, 11) is 1.65. The third-order valence-electron chi connectivity index (χ3n) is 4.17. The third kappa shape index (κ3) is 3.12. The molecule has 0 radical (unpaired) electrons. The first-order chi connectivity index (χ1) is 9.69. The fraction of sp³-hybridized carbons (Fsp3) is 0.562. The molecule has 2 rings (SSSR count). The van der Waals surface area contributed by atoms with E-state index in [2.05, 4.69) is 17.9 Å². The van der Waals surface area contributed by atoms with Gasteiger partial charge < -0.3 is 9.84 Å². The van der Waals surface area contributed by atoms with Crippen molar-refractivity contribution in [2.75, 3.05) is 13.7 Å². The van der Waals surface area contributed by atoms with E-state index in [9.17, 15) is 5.11 Å². The predicted octanol–water partition coefficient (Wildman–Crippen LogP) is 2.30. The van der Waals surface area contributed by atoms with Crippen LogP contribution in [0.4, 0.5) is 0 Å². The van der Waals surface area contributed by atoms with Crippen molar-refractivity contribution in [3.63, 3.8) is 0 Å². The third-order valence-corrected chi connectivity index (χ3v) is 4.17. The fourth-order valence-electron chi connectivity index (χ4n) is 2.99. The van der Waals surface area contributed by atoms with Crippen LogP contribution in [0.3, 0.4) is 0 Å². The molecule has 1 saturated heterocycles. The molecule has 0 aliphatic carbocycles. The zero-order valence-electron chi connectivity index (χ0n) is 12.2. The number of hydrogen-bond acceptors (Lipinski definition) is 4. The average Bonchev–Trinajstić information content (AvgIpc) is 2.49. The van der Waals surface area contributed by atoms with Gasteiger partial charge in [0, 0.05) is 24.2 Å². The zero-order valence-corrected chi connectivity index (χ0v) is 12.2. The van der Waals surface area contributed by atoms with Crippen molar-refractivity contribution in [1.82, 2.24) is 4.90 Å². The minimum atomic E-state index is 0.185. The number of nitriles is 1. The summed E-state index contributed by atoms with van der Waals surface area (Å²) in [5.74, 6) is 0.804. The van der Waals surface area contributed by atoms with E-state index >= 15 is 0 Å². The zero-order chi connectivity index (χ0) is 14.5. The number of hydrogen-bond donors (Lipinski definition) is 1. The fourth-order valence-corrected chi connectivity index (χ4v) is 2.99. The smallest absolute Gasteiger partial charge is 0.123 e. The summed E-state index contributed by atoms with van der Waals surface area (Å²) in [5.41, 5.74) is 1.66. The van der Waals surface area contributed by atoms with Crippen molar-refractivity contribution in [2.45, 2.75) is 44.8 Å². The Morgan fingerprint density at radius 2 is 2.25 bits per heavy atom. The minimum Gasteiger partial charge on any atom is -0.496 e. The van der Waals surface area contributed by atoms with Crippen LogP contribution in [0.15, 0.2) is 18.2 Å². The largest absolute Gasteiger partial charge is 0.496 e. The topological polar surface area (TPSA) is 56.5 Å². The molecule has 1 aliphatic heterocycles. The van der Waals surface area contributed by atoms with Gasteiger partial charge in [0.25, 0.3) is 0 Å². The molecule has 1 fully saturated rings. The van der Waals surface area contributed by atoms with Gasteiger partial charge in [-0.2, -0.15) is 5.26 Å². The lowest BCUT2D eigenvalue weighted by atomic mass is 9.95. The van der Waals surface area contributed by atoms with Crippen molar-refractivity contribution in [3.05, 3.63) is 29.3 Å². The van der Waals surface area contributed by atoms with Crippen LogP contribution >= 0.6 is 0 Å². The van der Waals surface area contributed by atoms with Gasteiger partial charge in [0.2, 0.25) is 0 Å². The highest BCUT2D eigenvalue weighted by Gasteiger charge is 2.28. The Bertz CT molecular complexity index is 496. The second-order valence-electron chi connectivity index (χ2n) is 5.43. The molecular weight excluding hydrogens is 252 g/mol. The lowest BCUT2D eigenvalue weighted by Crippen LogP contribution is -2.46. The highest BCUT2D eigenvalue weighted by molar-refractivity contribution is 5.42. The van der Waals surface area contributed by atoms with E-state index in [1.165, 1.54) is 0 Å². The normalized spacial score (nSPS) is 23.3. The van der Waals surface area contributed by atoms with Crippen molar-refractivity contribution < 1.29 is 9.84 Å². The molecule has 4 heteroatoms. The number of nitrogens with zero attached hydrogens (tertiary/aromatic N) is 2. The van der Waals surface area contributed by atoms with Gasteiger partial charge in [-0.15, -0.1) is 0 Å². The molecule has 1 aliphatic rings. The van der Waals surface area contributed by atoms with Crippen LogP contribution in [-0.4, -0.2) is 35.8 Å². The molecular formula is C16H22N2O2. The highest BCUT2D eigenvalue weighted by Crippen LogP contribution is 2.28. The summed E-state index contributed by atoms with van der Waals surface area (Å²) in [6.45, 7) is 3.10. The van der Waals surface area contributed by atoms with Crippen molar-refractivity contribution in [1.29, 1.82) is 5.26 Å². The molecule has 0 aromatic heterocycles. The molecule has 1 heterocycles. The summed E-state index contributed by atoms with van der Waals surface area (Å²) in [5, 5.41) is 18.6. The monoisotopic (exact) mass is 274 g/mol. The van der Waals surface area contributed by atoms with Crippen molar-refractivity contribution in [2.24, 2.45) is 0 Å². The molecule has 0 bridgehead atoms. The number of likely N-dealkylation sites (tertiary alicyclic amines) is 1. The summed E-state index contributed by atoms with van der Waals surface area (Å²) in [6, 6.07) is 8.31. The van der Waals surface area contributed by atoms with Crippen molar-refractivity contribution >= 4 is 0 Å². The van der Waals surface area contributed by atoms with Crippen LogP contribution in [0.1, 0.15) is 37.3 Å². The van der Waals surface area contributed by atoms with Gasteiger partial charge in [0.15, 0.2) is 0 Å². The van der Waals surface area contributed by atoms with E-state index in [0.29, 0.717) is 18.2 Å². The van der Waals surface area contributed by atoms with Crippen molar-refractivity contribution in [3.8, 4) is 11.8 Å². The van der Waals surface area contributed by atoms with Crippen LogP contribution in [0.25, 0.3) is 0 Å². The Balaban J connectivity index is 2.25. The number of piperidine rings is 1. The molecule has 20 heavy (non-hydrogen) atoms. The van der Waals surface area contributed by atoms with E-state index in [0.717, 1.165) is 30.6 Å². The Kier molecular flexibility index (Phi) is 4.99. The van der Waals surface area contributed by atoms with Gasteiger partial charge >= 0.3 is 0 Å². The quantitative estimate of drug-likeness (QED) is 0.915. The van der Waals surface area contributed by atoms with E-state index in [1.54, 1.807) is 13.2 Å². The maximum Gasteiger partial charge on any atom is 0.123 e. The molecule has 0 saturated carbocycles. The number of aliphatic hydroxyl groups excluding tert-OH is 1. The number of ether oxygens (including phenoxy) is 1. The molecule has 2 atom stereocenters. The molecule has 1 aromatic rings. The van der Waals surface area contributed by atoms with Crippen LogP contribution in [0, 0.1) is 11.3 Å². The Hall–Kier alpha value is -1.57. The SMILES string of the molecule is COc1ccc(C#N)cc1CN1[C@@H](CO)CCC[C@H]1C. The van der Waals surface area contributed by atoms with Gasteiger partial charge in [0.1, 0.15) is 5.75 Å². The molecule has 108 valence electrons. The number of benzene rings is 1. The van der Waals surface area contributed by atoms with E-state index in [4.69, 9.17) is 10.00 Å². The van der Waals surface area contributed by atoms with Gasteiger partial charge in [0.05, 0.1) is 25.3 Å². The predicted molar refractivity (Wildman–Crippen MR) is 77.4 cm³/mol. The molecule has 0 spiro atoms. The van der Waals surface area contributed by atoms with Crippen LogP contribution in [-0.2, 0) is 6.54 Å². The second kappa shape index (κ2) is 6.74. The van der Waals surface area contributed by atoms with Crippen LogP contribution in [0.5, 0.6) is 5.75 Å². The standard InChI is InChI=1S/C16H22N2O2/c1-12-4-3-5-15(11-19)18(12)10-14-8-13(9-17)6-7-16(14)20-2/h6-8,12,15,19H,3-5,10-11H2,1-2H3/t12-,15-/m1/s1. The lowest BCUT2D eigenvalue weighted by Gasteiger charge is -2.40. The average molecular weight is 274 g/mol. The summed E-state index contributed by atoms with van der Waals surface area (Å²) < 4.78 is 5.39. The Morgan fingerprint density at radius 1 is 1.45 bits per heavy atom. The Morgan fingerprint density at radius 3 is 2.90 bits per heavy atom. The summed E-state index contributed by atoms with van der Waals surface area (Å²) in [6.07, 6.45) is 3.34. The Labute approximate surface area is 120 Å². The summed E-state index contributed by atoms with van der Waals surface area (Å²) >= 11 is 0. The molecule has 1 N–H and O–H groups in total. The first kappa shape index (κ1) is 14.8. The van der Waals surface area contributed by atoms with E-state index in [-0.39, 0.29) is 12.6 Å². The molecule has 1 aromatic carbocycles. The molecule has 0 amide bonds. The summed E-state index contributed by atoms with van der Waals surface area (Å²) in [4.78, 5) is 2.32. The lowest BCUT2D eigenvalue weighted by molar-refractivity contribution is 0.0446. The van der Waals surface area contributed by atoms with Crippen LogP contribution in [0.2, 0.25) is 0 Å². The number of aliphatic hydroxyl groups is 1. The maximum absolute atomic E-state index is 9.56. The highest BCUT2D eigenvalue weighted by atomic mass is 16.5. The molecule has 0 unspecified atom stereocenters. The minimum absolute atomic E-state index is 0.185. The number of methoxy groups -OCH3 is 1. The van der Waals surface area contributed by atoms with Crippen LogP contribution < -0.4 is 4.74 Å². The first-order valence-corrected chi connectivity index (χ1v) is 7.13. The van der Waals surface area contributed by atoms with Gasteiger partial charge in [-0.1, -0.05) is 6.42 Å². The maximum atomic E-state index is 9.56. The van der Waals surface area contributed by atoms with Gasteiger partial charge in [-0.3, -0.25) is 4.90 Å². The number of rotatable bonds is 4. The second-order valence-corrected chi connectivity index (χ2v) is 5.43. The van der Waals surface area contributed by atoms with Gasteiger partial charge in [-0.05, 0) is 38.0 Å². The van der Waals surface area contributed by atoms with E-state index < -0.39 is 0 Å². The first-order valence-electron chi connectivity index (χ1n) is 7.13. The molecule has 4 nitrogen and oxygen atoms in total. The van der Waals surface area contributed by atoms with E-state index in [1.807, 2.05) is 12.1 Å². The van der Waals surface area contributed by atoms with Gasteiger partial charge in [-0.25, -0.2) is 0 Å².